The van der Waals surface area contributed by atoms with Crippen molar-refractivity contribution in [2.24, 2.45) is 0 Å². The number of aryl methyl sites for hydroxylation is 1. The van der Waals surface area contributed by atoms with E-state index in [1.54, 1.807) is 31.3 Å². The highest BCUT2D eigenvalue weighted by Crippen LogP contribution is 2.06. The molecule has 1 aromatic carbocycles. The Hall–Kier alpha value is -3.60. The van der Waals surface area contributed by atoms with Gasteiger partial charge < -0.3 is 15.2 Å². The maximum Gasteiger partial charge on any atom is 0.328 e. The van der Waals surface area contributed by atoms with E-state index in [1.165, 1.54) is 16.8 Å². The highest BCUT2D eigenvalue weighted by molar-refractivity contribution is 5.96. The van der Waals surface area contributed by atoms with Crippen LogP contribution in [0.25, 0.3) is 0 Å². The number of rotatable bonds is 5. The number of H-pyrrole nitrogens is 1. The molecule has 0 saturated heterocycles. The fraction of sp³-hybridized carbons (Fsp3) is 0.222. The molecule has 0 aliphatic rings. The topological polar surface area (TPSA) is 113 Å². The average molecular weight is 354 g/mol. The molecule has 134 valence electrons. The maximum atomic E-state index is 11.8. The quantitative estimate of drug-likeness (QED) is 0.626. The maximum absolute atomic E-state index is 11.8. The van der Waals surface area contributed by atoms with Gasteiger partial charge in [0.05, 0.1) is 12.1 Å². The zero-order valence-electron chi connectivity index (χ0n) is 14.2. The van der Waals surface area contributed by atoms with Crippen LogP contribution in [0.4, 0.5) is 0 Å². The van der Waals surface area contributed by atoms with Crippen LogP contribution in [0.2, 0.25) is 0 Å². The van der Waals surface area contributed by atoms with Crippen LogP contribution in [0.15, 0.2) is 46.1 Å². The van der Waals surface area contributed by atoms with E-state index in [0.29, 0.717) is 11.1 Å². The number of aromatic amines is 1. The van der Waals surface area contributed by atoms with Crippen LogP contribution >= 0.6 is 0 Å². The lowest BCUT2D eigenvalue weighted by molar-refractivity contribution is -0.121. The van der Waals surface area contributed by atoms with Crippen molar-refractivity contribution in [1.29, 1.82) is 0 Å². The van der Waals surface area contributed by atoms with Crippen molar-refractivity contribution in [3.05, 3.63) is 68.5 Å². The molecule has 1 aromatic heterocycles. The molecule has 3 N–H and O–H groups in total. The second-order valence-electron chi connectivity index (χ2n) is 5.26. The van der Waals surface area contributed by atoms with Crippen molar-refractivity contribution < 1.29 is 9.59 Å². The standard InChI is InChI=1S/C18H18N4O4/c1-19-17(25)14-7-3-2-5-13(14)6-4-10-20-15(23)8-11-22-12-9-16(24)21-18(22)26/h2-3,5,7,9,12H,8,10-11H2,1H3,(H,19,25)(H,20,23)(H,21,24,26). The number of carbonyl (C=O) groups excluding carboxylic acids is 2. The fourth-order valence-electron chi connectivity index (χ4n) is 2.14. The summed E-state index contributed by atoms with van der Waals surface area (Å²) in [6.45, 7) is 0.260. The van der Waals surface area contributed by atoms with Gasteiger partial charge in [-0.2, -0.15) is 0 Å². The number of benzene rings is 1. The van der Waals surface area contributed by atoms with Crippen LogP contribution in [-0.2, 0) is 11.3 Å². The van der Waals surface area contributed by atoms with Crippen molar-refractivity contribution in [3.8, 4) is 11.8 Å². The third-order valence-electron chi connectivity index (χ3n) is 3.47. The van der Waals surface area contributed by atoms with Gasteiger partial charge in [-0.15, -0.1) is 0 Å². The minimum absolute atomic E-state index is 0.0719. The van der Waals surface area contributed by atoms with Crippen molar-refractivity contribution in [3.63, 3.8) is 0 Å². The summed E-state index contributed by atoms with van der Waals surface area (Å²) in [4.78, 5) is 48.1. The third kappa shape index (κ3) is 5.21. The molecular formula is C18H18N4O4. The molecule has 0 aliphatic carbocycles. The molecule has 26 heavy (non-hydrogen) atoms. The third-order valence-corrected chi connectivity index (χ3v) is 3.47. The molecular weight excluding hydrogens is 336 g/mol. The van der Waals surface area contributed by atoms with Crippen LogP contribution in [0.1, 0.15) is 22.3 Å². The van der Waals surface area contributed by atoms with E-state index < -0.39 is 11.2 Å². The van der Waals surface area contributed by atoms with Gasteiger partial charge in [-0.25, -0.2) is 4.79 Å². The normalized spacial score (nSPS) is 9.73. The van der Waals surface area contributed by atoms with Gasteiger partial charge >= 0.3 is 5.69 Å². The lowest BCUT2D eigenvalue weighted by Gasteiger charge is -2.04. The second-order valence-corrected chi connectivity index (χ2v) is 5.26. The number of hydrogen-bond donors (Lipinski definition) is 3. The molecule has 0 aliphatic heterocycles. The molecule has 0 atom stereocenters. The van der Waals surface area contributed by atoms with Crippen LogP contribution in [-0.4, -0.2) is 35.0 Å². The van der Waals surface area contributed by atoms with Crippen LogP contribution in [0, 0.1) is 11.8 Å². The van der Waals surface area contributed by atoms with E-state index in [1.807, 2.05) is 0 Å². The van der Waals surface area contributed by atoms with Gasteiger partial charge in [0.2, 0.25) is 5.91 Å². The van der Waals surface area contributed by atoms with Gasteiger partial charge in [0.15, 0.2) is 0 Å². The summed E-state index contributed by atoms with van der Waals surface area (Å²) in [5, 5.41) is 5.16. The summed E-state index contributed by atoms with van der Waals surface area (Å²) in [5.41, 5.74) is -0.00826. The van der Waals surface area contributed by atoms with Crippen molar-refractivity contribution >= 4 is 11.8 Å². The molecule has 0 unspecified atom stereocenters. The van der Waals surface area contributed by atoms with Crippen LogP contribution < -0.4 is 21.9 Å². The largest absolute Gasteiger partial charge is 0.355 e. The predicted octanol–water partition coefficient (Wildman–Crippen LogP) is -0.546. The molecule has 0 fully saturated rings. The first kappa shape index (κ1) is 18.7. The number of nitrogens with one attached hydrogen (secondary N) is 3. The Morgan fingerprint density at radius 3 is 2.69 bits per heavy atom. The summed E-state index contributed by atoms with van der Waals surface area (Å²) < 4.78 is 1.24. The lowest BCUT2D eigenvalue weighted by atomic mass is 10.1. The van der Waals surface area contributed by atoms with Gasteiger partial charge in [-0.3, -0.25) is 19.4 Å². The van der Waals surface area contributed by atoms with E-state index in [2.05, 4.69) is 27.5 Å². The van der Waals surface area contributed by atoms with E-state index in [9.17, 15) is 19.2 Å². The van der Waals surface area contributed by atoms with Crippen LogP contribution in [0.5, 0.6) is 0 Å². The second kappa shape index (κ2) is 9.03. The zero-order valence-corrected chi connectivity index (χ0v) is 14.2. The van der Waals surface area contributed by atoms with Gasteiger partial charge in [0.1, 0.15) is 0 Å². The number of nitrogens with zero attached hydrogens (tertiary/aromatic N) is 1. The smallest absolute Gasteiger partial charge is 0.328 e. The summed E-state index contributed by atoms with van der Waals surface area (Å²) in [6.07, 6.45) is 1.41. The van der Waals surface area contributed by atoms with E-state index in [4.69, 9.17) is 0 Å². The highest BCUT2D eigenvalue weighted by atomic mass is 16.2. The number of aromatic nitrogens is 2. The summed E-state index contributed by atoms with van der Waals surface area (Å²) in [5.74, 6) is 5.13. The molecule has 0 bridgehead atoms. The van der Waals surface area contributed by atoms with Crippen LogP contribution in [0.3, 0.4) is 0 Å². The fourth-order valence-corrected chi connectivity index (χ4v) is 2.14. The Labute approximate surface area is 149 Å². The Balaban J connectivity index is 1.88. The molecule has 8 heteroatoms. The lowest BCUT2D eigenvalue weighted by Crippen LogP contribution is -2.31. The van der Waals surface area contributed by atoms with Crippen molar-refractivity contribution in [2.75, 3.05) is 13.6 Å². The monoisotopic (exact) mass is 354 g/mol. The highest BCUT2D eigenvalue weighted by Gasteiger charge is 2.06. The minimum Gasteiger partial charge on any atom is -0.355 e. The number of hydrogen-bond acceptors (Lipinski definition) is 4. The Kier molecular flexibility index (Phi) is 6.51. The van der Waals surface area contributed by atoms with E-state index in [-0.39, 0.29) is 31.3 Å². The summed E-state index contributed by atoms with van der Waals surface area (Å²) in [7, 11) is 1.54. The Morgan fingerprint density at radius 1 is 1.19 bits per heavy atom. The number of carbonyl (C=O) groups is 2. The first-order valence-corrected chi connectivity index (χ1v) is 7.87. The zero-order chi connectivity index (χ0) is 18.9. The molecule has 1 heterocycles. The van der Waals surface area contributed by atoms with Gasteiger partial charge in [0, 0.05) is 37.8 Å². The predicted molar refractivity (Wildman–Crippen MR) is 95.7 cm³/mol. The molecule has 8 nitrogen and oxygen atoms in total. The van der Waals surface area contributed by atoms with Crippen molar-refractivity contribution in [2.45, 2.75) is 13.0 Å². The minimum atomic E-state index is -0.559. The van der Waals surface area contributed by atoms with E-state index in [0.717, 1.165) is 0 Å². The molecule has 0 saturated carbocycles. The first-order valence-electron chi connectivity index (χ1n) is 7.87. The van der Waals surface area contributed by atoms with Gasteiger partial charge in [-0.1, -0.05) is 24.0 Å². The molecule has 2 aromatic rings. The number of amides is 2. The Morgan fingerprint density at radius 2 is 1.96 bits per heavy atom. The van der Waals surface area contributed by atoms with Gasteiger partial charge in [-0.05, 0) is 12.1 Å². The molecule has 0 spiro atoms. The Bertz CT molecular complexity index is 979. The average Bonchev–Trinajstić information content (AvgIpc) is 2.64. The van der Waals surface area contributed by atoms with Crippen molar-refractivity contribution in [1.82, 2.24) is 20.2 Å². The van der Waals surface area contributed by atoms with E-state index >= 15 is 0 Å². The van der Waals surface area contributed by atoms with Gasteiger partial charge in [0.25, 0.3) is 11.5 Å². The molecule has 0 radical (unpaired) electrons. The summed E-state index contributed by atoms with van der Waals surface area (Å²) in [6, 6.07) is 8.13. The first-order chi connectivity index (χ1) is 12.5. The molecule has 2 rings (SSSR count). The summed E-state index contributed by atoms with van der Waals surface area (Å²) >= 11 is 0. The SMILES string of the molecule is CNC(=O)c1ccccc1C#CCNC(=O)CCn1ccc(=O)[nH]c1=O. The molecule has 2 amide bonds.